The SMILES string of the molecule is CCCCCC(C)C(C)(C(=O)O)C(=O)O.[KH].[NaH]. The molecule has 0 amide bonds. The van der Waals surface area contributed by atoms with E-state index >= 15 is 0 Å². The molecule has 17 heavy (non-hydrogen) atoms. The van der Waals surface area contributed by atoms with Crippen molar-refractivity contribution in [2.45, 2.75) is 46.5 Å². The van der Waals surface area contributed by atoms with Crippen LogP contribution in [0.4, 0.5) is 0 Å². The molecule has 0 spiro atoms. The van der Waals surface area contributed by atoms with Crippen molar-refractivity contribution in [3.05, 3.63) is 0 Å². The van der Waals surface area contributed by atoms with Gasteiger partial charge in [-0.3, -0.25) is 9.59 Å². The Morgan fingerprint density at radius 1 is 1.18 bits per heavy atom. The Balaban J connectivity index is -0.000000980. The molecule has 1 atom stereocenters. The van der Waals surface area contributed by atoms with Gasteiger partial charge in [-0.15, -0.1) is 0 Å². The normalized spacial score (nSPS) is 11.9. The summed E-state index contributed by atoms with van der Waals surface area (Å²) in [6.45, 7) is 5.03. The van der Waals surface area contributed by atoms with Gasteiger partial charge in [0.05, 0.1) is 0 Å². The number of carboxylic acid groups (broad SMARTS) is 2. The van der Waals surface area contributed by atoms with Crippen LogP contribution in [-0.2, 0) is 9.59 Å². The van der Waals surface area contributed by atoms with Crippen LogP contribution in [0, 0.1) is 11.3 Å². The van der Waals surface area contributed by atoms with Crippen LogP contribution >= 0.6 is 0 Å². The van der Waals surface area contributed by atoms with Gasteiger partial charge in [0.2, 0.25) is 0 Å². The molecule has 0 bridgehead atoms. The Morgan fingerprint density at radius 2 is 1.59 bits per heavy atom. The number of carbonyl (C=O) groups is 2. The second kappa shape index (κ2) is 11.4. The monoisotopic (exact) mass is 280 g/mol. The van der Waals surface area contributed by atoms with E-state index in [9.17, 15) is 9.59 Å². The zero-order valence-electron chi connectivity index (χ0n) is 9.62. The molecule has 2 N–H and O–H groups in total. The van der Waals surface area contributed by atoms with Crippen LogP contribution in [0.15, 0.2) is 0 Å². The third-order valence-electron chi connectivity index (χ3n) is 3.11. The Morgan fingerprint density at radius 3 is 1.88 bits per heavy atom. The molecule has 0 aliphatic heterocycles. The third-order valence-corrected chi connectivity index (χ3v) is 3.11. The van der Waals surface area contributed by atoms with Gasteiger partial charge in [-0.2, -0.15) is 0 Å². The second-order valence-corrected chi connectivity index (χ2v) is 4.21. The van der Waals surface area contributed by atoms with Crippen LogP contribution in [0.3, 0.4) is 0 Å². The number of aliphatic carboxylic acids is 2. The minimum absolute atomic E-state index is 0. The summed E-state index contributed by atoms with van der Waals surface area (Å²) in [6.07, 6.45) is 3.58. The molecule has 1 unspecified atom stereocenters. The summed E-state index contributed by atoms with van der Waals surface area (Å²) in [5, 5.41) is 17.9. The quantitative estimate of drug-likeness (QED) is 0.416. The van der Waals surface area contributed by atoms with E-state index in [1.54, 1.807) is 6.92 Å². The predicted molar refractivity (Wildman–Crippen MR) is 71.0 cm³/mol. The number of hydrogen-bond donors (Lipinski definition) is 2. The summed E-state index contributed by atoms with van der Waals surface area (Å²) < 4.78 is 0. The van der Waals surface area contributed by atoms with Gasteiger partial charge in [-0.25, -0.2) is 0 Å². The molecular formula is C11H22KNaO4. The average molecular weight is 280 g/mol. The van der Waals surface area contributed by atoms with Crippen molar-refractivity contribution in [1.29, 1.82) is 0 Å². The number of carboxylic acids is 2. The van der Waals surface area contributed by atoms with Crippen molar-refractivity contribution >= 4 is 92.9 Å². The fourth-order valence-electron chi connectivity index (χ4n) is 1.50. The van der Waals surface area contributed by atoms with Crippen molar-refractivity contribution in [1.82, 2.24) is 0 Å². The number of rotatable bonds is 7. The molecule has 0 fully saturated rings. The first kappa shape index (κ1) is 23.7. The fourth-order valence-corrected chi connectivity index (χ4v) is 1.50. The zero-order chi connectivity index (χ0) is 12.1. The molecule has 0 aliphatic carbocycles. The molecule has 0 aliphatic rings. The molecule has 0 aromatic carbocycles. The van der Waals surface area contributed by atoms with Gasteiger partial charge < -0.3 is 10.2 Å². The molecule has 4 nitrogen and oxygen atoms in total. The first-order valence-electron chi connectivity index (χ1n) is 5.34. The molecule has 92 valence electrons. The van der Waals surface area contributed by atoms with E-state index in [4.69, 9.17) is 10.2 Å². The fraction of sp³-hybridized carbons (Fsp3) is 0.818. The Hall–Kier alpha value is 1.58. The van der Waals surface area contributed by atoms with E-state index in [-0.39, 0.29) is 86.9 Å². The van der Waals surface area contributed by atoms with Crippen LogP contribution in [0.2, 0.25) is 0 Å². The molecule has 0 heterocycles. The van der Waals surface area contributed by atoms with Gasteiger partial charge in [0, 0.05) is 0 Å². The van der Waals surface area contributed by atoms with Crippen LogP contribution in [-0.4, -0.2) is 103 Å². The van der Waals surface area contributed by atoms with Gasteiger partial charge in [0.15, 0.2) is 5.41 Å². The van der Waals surface area contributed by atoms with Gasteiger partial charge in [-0.05, 0) is 19.3 Å². The van der Waals surface area contributed by atoms with Gasteiger partial charge in [0.1, 0.15) is 0 Å². The van der Waals surface area contributed by atoms with Crippen molar-refractivity contribution < 1.29 is 19.8 Å². The number of hydrogen-bond acceptors (Lipinski definition) is 2. The summed E-state index contributed by atoms with van der Waals surface area (Å²) in [5.41, 5.74) is -1.66. The predicted octanol–water partition coefficient (Wildman–Crippen LogP) is 1.08. The first-order valence-corrected chi connectivity index (χ1v) is 5.34. The van der Waals surface area contributed by atoms with E-state index in [0.717, 1.165) is 19.3 Å². The summed E-state index contributed by atoms with van der Waals surface area (Å²) in [7, 11) is 0. The third kappa shape index (κ3) is 7.06. The van der Waals surface area contributed by atoms with E-state index in [1.165, 1.54) is 6.92 Å². The van der Waals surface area contributed by atoms with Crippen LogP contribution in [0.25, 0.3) is 0 Å². The zero-order valence-corrected chi connectivity index (χ0v) is 9.62. The van der Waals surface area contributed by atoms with Gasteiger partial charge in [0.25, 0.3) is 0 Å². The van der Waals surface area contributed by atoms with E-state index in [1.807, 2.05) is 0 Å². The molecule has 6 heteroatoms. The molecule has 0 aromatic rings. The summed E-state index contributed by atoms with van der Waals surface area (Å²) in [4.78, 5) is 21.9. The van der Waals surface area contributed by atoms with Gasteiger partial charge in [-0.1, -0.05) is 33.1 Å². The molecule has 0 saturated carbocycles. The Labute approximate surface area is 168 Å². The van der Waals surface area contributed by atoms with E-state index in [0.29, 0.717) is 6.42 Å². The van der Waals surface area contributed by atoms with Crippen molar-refractivity contribution in [2.24, 2.45) is 11.3 Å². The molecule has 0 rings (SSSR count). The standard InChI is InChI=1S/C11H20O4.K.Na.2H/c1-4-5-6-7-8(2)11(3,9(12)13)10(14)15;;;;/h8H,4-7H2,1-3H3,(H,12,13)(H,14,15);;;;. The first-order chi connectivity index (χ1) is 6.87. The van der Waals surface area contributed by atoms with Crippen molar-refractivity contribution in [3.63, 3.8) is 0 Å². The van der Waals surface area contributed by atoms with Crippen molar-refractivity contribution in [3.8, 4) is 0 Å². The maximum absolute atomic E-state index is 11.0. The summed E-state index contributed by atoms with van der Waals surface area (Å²) >= 11 is 0. The van der Waals surface area contributed by atoms with E-state index < -0.39 is 17.4 Å². The van der Waals surface area contributed by atoms with Crippen LogP contribution in [0.5, 0.6) is 0 Å². The van der Waals surface area contributed by atoms with Crippen LogP contribution < -0.4 is 0 Å². The van der Waals surface area contributed by atoms with Crippen molar-refractivity contribution in [2.75, 3.05) is 0 Å². The Bertz CT molecular complexity index is 232. The summed E-state index contributed by atoms with van der Waals surface area (Å²) in [5.74, 6) is -2.85. The summed E-state index contributed by atoms with van der Waals surface area (Å²) in [6, 6.07) is 0. The number of unbranched alkanes of at least 4 members (excludes halogenated alkanes) is 2. The molecular weight excluding hydrogens is 258 g/mol. The second-order valence-electron chi connectivity index (χ2n) is 4.21. The topological polar surface area (TPSA) is 74.6 Å². The van der Waals surface area contributed by atoms with E-state index in [2.05, 4.69) is 6.92 Å². The molecule has 0 radical (unpaired) electrons. The Kier molecular flexibility index (Phi) is 15.9. The molecule has 0 aromatic heterocycles. The average Bonchev–Trinajstić information content (AvgIpc) is 2.15. The molecule has 0 saturated heterocycles. The van der Waals surface area contributed by atoms with Gasteiger partial charge >= 0.3 is 92.9 Å². The maximum atomic E-state index is 11.0. The minimum atomic E-state index is -1.66. The van der Waals surface area contributed by atoms with Crippen LogP contribution in [0.1, 0.15) is 46.5 Å².